The Labute approximate surface area is 135 Å². The average Bonchev–Trinajstić information content (AvgIpc) is 2.95. The number of rotatable bonds is 5. The molecule has 0 atom stereocenters. The summed E-state index contributed by atoms with van der Waals surface area (Å²) in [6.45, 7) is 2.01. The van der Waals surface area contributed by atoms with Crippen LogP contribution in [0, 0.1) is 6.92 Å². The molecule has 1 aliphatic carbocycles. The van der Waals surface area contributed by atoms with Crippen LogP contribution in [0.5, 0.6) is 0 Å². The molecular weight excluding hydrogens is 292 g/mol. The van der Waals surface area contributed by atoms with Crippen LogP contribution in [0.25, 0.3) is 11.3 Å². The first-order chi connectivity index (χ1) is 11.2. The van der Waals surface area contributed by atoms with Gasteiger partial charge in [-0.15, -0.1) is 0 Å². The Morgan fingerprint density at radius 3 is 2.78 bits per heavy atom. The fourth-order valence-corrected chi connectivity index (χ4v) is 2.91. The van der Waals surface area contributed by atoms with Crippen molar-refractivity contribution >= 4 is 11.7 Å². The van der Waals surface area contributed by atoms with E-state index in [9.17, 15) is 4.79 Å². The lowest BCUT2D eigenvalue weighted by atomic mass is 9.98. The Morgan fingerprint density at radius 2 is 2.04 bits per heavy atom. The molecule has 3 rings (SSSR count). The Morgan fingerprint density at radius 1 is 1.30 bits per heavy atom. The van der Waals surface area contributed by atoms with E-state index in [1.807, 2.05) is 19.1 Å². The number of amides is 1. The maximum atomic E-state index is 12.1. The SMILES string of the molecule is Cc1c(NC(=O)COC2CCCCC2)n[nH]c1-c1ccncc1. The van der Waals surface area contributed by atoms with Crippen molar-refractivity contribution in [3.8, 4) is 11.3 Å². The van der Waals surface area contributed by atoms with E-state index >= 15 is 0 Å². The number of hydrogen-bond acceptors (Lipinski definition) is 4. The van der Waals surface area contributed by atoms with Gasteiger partial charge in [-0.1, -0.05) is 19.3 Å². The van der Waals surface area contributed by atoms with E-state index in [2.05, 4.69) is 20.5 Å². The van der Waals surface area contributed by atoms with Gasteiger partial charge in [-0.05, 0) is 31.9 Å². The largest absolute Gasteiger partial charge is 0.368 e. The second kappa shape index (κ2) is 7.37. The van der Waals surface area contributed by atoms with E-state index in [-0.39, 0.29) is 18.6 Å². The van der Waals surface area contributed by atoms with Crippen molar-refractivity contribution in [2.24, 2.45) is 0 Å². The number of carbonyl (C=O) groups is 1. The van der Waals surface area contributed by atoms with Gasteiger partial charge in [-0.25, -0.2) is 0 Å². The summed E-state index contributed by atoms with van der Waals surface area (Å²) in [6, 6.07) is 3.80. The summed E-state index contributed by atoms with van der Waals surface area (Å²) in [5, 5.41) is 9.98. The molecule has 1 aliphatic rings. The number of anilines is 1. The molecule has 6 heteroatoms. The predicted molar refractivity (Wildman–Crippen MR) is 88.0 cm³/mol. The van der Waals surface area contributed by atoms with Gasteiger partial charge in [-0.3, -0.25) is 14.9 Å². The van der Waals surface area contributed by atoms with Crippen molar-refractivity contribution in [1.29, 1.82) is 0 Å². The van der Waals surface area contributed by atoms with E-state index in [1.165, 1.54) is 19.3 Å². The van der Waals surface area contributed by atoms with Crippen molar-refractivity contribution in [2.45, 2.75) is 45.1 Å². The first kappa shape index (κ1) is 15.7. The van der Waals surface area contributed by atoms with Gasteiger partial charge in [0.2, 0.25) is 0 Å². The molecule has 2 N–H and O–H groups in total. The number of carbonyl (C=O) groups excluding carboxylic acids is 1. The molecule has 0 radical (unpaired) electrons. The van der Waals surface area contributed by atoms with Gasteiger partial charge in [0.1, 0.15) is 6.61 Å². The van der Waals surface area contributed by atoms with Gasteiger partial charge in [0.25, 0.3) is 5.91 Å². The van der Waals surface area contributed by atoms with Crippen LogP contribution >= 0.6 is 0 Å². The van der Waals surface area contributed by atoms with Gasteiger partial charge in [0, 0.05) is 23.5 Å². The van der Waals surface area contributed by atoms with Crippen LogP contribution in [-0.2, 0) is 9.53 Å². The van der Waals surface area contributed by atoms with Crippen LogP contribution in [0.1, 0.15) is 37.7 Å². The third kappa shape index (κ3) is 3.96. The minimum Gasteiger partial charge on any atom is -0.368 e. The zero-order valence-corrected chi connectivity index (χ0v) is 13.3. The summed E-state index contributed by atoms with van der Waals surface area (Å²) >= 11 is 0. The maximum Gasteiger partial charge on any atom is 0.251 e. The highest BCUT2D eigenvalue weighted by Crippen LogP contribution is 2.25. The van der Waals surface area contributed by atoms with Crippen molar-refractivity contribution < 1.29 is 9.53 Å². The van der Waals surface area contributed by atoms with E-state index in [4.69, 9.17) is 4.74 Å². The fourth-order valence-electron chi connectivity index (χ4n) is 2.91. The van der Waals surface area contributed by atoms with Crippen molar-refractivity contribution in [2.75, 3.05) is 11.9 Å². The standard InChI is InChI=1S/C17H22N4O2/c1-12-16(13-7-9-18-10-8-13)20-21-17(12)19-15(22)11-23-14-5-3-2-4-6-14/h7-10,14H,2-6,11H2,1H3,(H2,19,20,21,22). The number of pyridine rings is 1. The Hall–Kier alpha value is -2.21. The van der Waals surface area contributed by atoms with Crippen LogP contribution in [0.2, 0.25) is 0 Å². The molecule has 23 heavy (non-hydrogen) atoms. The molecule has 0 saturated heterocycles. The summed E-state index contributed by atoms with van der Waals surface area (Å²) < 4.78 is 5.69. The number of aromatic nitrogens is 3. The normalized spacial score (nSPS) is 15.5. The highest BCUT2D eigenvalue weighted by Gasteiger charge is 2.17. The van der Waals surface area contributed by atoms with Gasteiger partial charge in [0.05, 0.1) is 11.8 Å². The second-order valence-corrected chi connectivity index (χ2v) is 5.93. The summed E-state index contributed by atoms with van der Waals surface area (Å²) in [4.78, 5) is 16.1. The first-order valence-electron chi connectivity index (χ1n) is 8.11. The predicted octanol–water partition coefficient (Wildman–Crippen LogP) is 3.07. The summed E-state index contributed by atoms with van der Waals surface area (Å²) in [7, 11) is 0. The lowest BCUT2D eigenvalue weighted by molar-refractivity contribution is -0.123. The molecule has 0 unspecified atom stereocenters. The third-order valence-corrected chi connectivity index (χ3v) is 4.24. The van der Waals surface area contributed by atoms with Crippen LogP contribution < -0.4 is 5.32 Å². The molecule has 0 aromatic carbocycles. The number of H-pyrrole nitrogens is 1. The second-order valence-electron chi connectivity index (χ2n) is 5.93. The minimum absolute atomic E-state index is 0.0849. The average molecular weight is 314 g/mol. The van der Waals surface area contributed by atoms with Crippen molar-refractivity contribution in [3.05, 3.63) is 30.1 Å². The monoisotopic (exact) mass is 314 g/mol. The molecule has 2 aromatic rings. The molecule has 0 bridgehead atoms. The van der Waals surface area contributed by atoms with E-state index in [0.29, 0.717) is 5.82 Å². The Balaban J connectivity index is 1.57. The van der Waals surface area contributed by atoms with Gasteiger partial charge >= 0.3 is 0 Å². The molecular formula is C17H22N4O2. The van der Waals surface area contributed by atoms with Crippen LogP contribution in [0.4, 0.5) is 5.82 Å². The molecule has 1 fully saturated rings. The molecule has 0 aliphatic heterocycles. The highest BCUT2D eigenvalue weighted by atomic mass is 16.5. The van der Waals surface area contributed by atoms with E-state index < -0.39 is 0 Å². The summed E-state index contributed by atoms with van der Waals surface area (Å²) in [6.07, 6.45) is 9.46. The van der Waals surface area contributed by atoms with Crippen LogP contribution in [0.15, 0.2) is 24.5 Å². The topological polar surface area (TPSA) is 79.9 Å². The van der Waals surface area contributed by atoms with Gasteiger partial charge < -0.3 is 10.1 Å². The summed E-state index contributed by atoms with van der Waals surface area (Å²) in [5.74, 6) is 0.389. The maximum absolute atomic E-state index is 12.1. The minimum atomic E-state index is -0.161. The number of aromatic amines is 1. The van der Waals surface area contributed by atoms with Crippen LogP contribution in [0.3, 0.4) is 0 Å². The smallest absolute Gasteiger partial charge is 0.251 e. The Bertz CT molecular complexity index is 648. The van der Waals surface area contributed by atoms with E-state index in [1.54, 1.807) is 12.4 Å². The number of nitrogens with zero attached hydrogens (tertiary/aromatic N) is 2. The lowest BCUT2D eigenvalue weighted by Crippen LogP contribution is -2.25. The van der Waals surface area contributed by atoms with Crippen molar-refractivity contribution in [1.82, 2.24) is 15.2 Å². The molecule has 1 saturated carbocycles. The van der Waals surface area contributed by atoms with E-state index in [0.717, 1.165) is 29.7 Å². The first-order valence-corrected chi connectivity index (χ1v) is 8.11. The molecule has 122 valence electrons. The number of hydrogen-bond donors (Lipinski definition) is 2. The number of ether oxygens (including phenoxy) is 1. The summed E-state index contributed by atoms with van der Waals surface area (Å²) in [5.41, 5.74) is 2.78. The zero-order chi connectivity index (χ0) is 16.1. The lowest BCUT2D eigenvalue weighted by Gasteiger charge is -2.21. The molecule has 0 spiro atoms. The highest BCUT2D eigenvalue weighted by molar-refractivity contribution is 5.92. The quantitative estimate of drug-likeness (QED) is 0.889. The molecule has 1 amide bonds. The molecule has 6 nitrogen and oxygen atoms in total. The Kier molecular flexibility index (Phi) is 5.02. The zero-order valence-electron chi connectivity index (χ0n) is 13.3. The van der Waals surface area contributed by atoms with Crippen LogP contribution in [-0.4, -0.2) is 33.8 Å². The van der Waals surface area contributed by atoms with Gasteiger partial charge in [-0.2, -0.15) is 5.10 Å². The van der Waals surface area contributed by atoms with Crippen molar-refractivity contribution in [3.63, 3.8) is 0 Å². The number of nitrogens with one attached hydrogen (secondary N) is 2. The molecule has 2 aromatic heterocycles. The molecule has 2 heterocycles. The third-order valence-electron chi connectivity index (χ3n) is 4.24. The van der Waals surface area contributed by atoms with Gasteiger partial charge in [0.15, 0.2) is 5.82 Å². The fraction of sp³-hybridized carbons (Fsp3) is 0.471.